The quantitative estimate of drug-likeness (QED) is 0.792. The second-order valence-electron chi connectivity index (χ2n) is 8.58. The van der Waals surface area contributed by atoms with Crippen molar-refractivity contribution in [3.8, 4) is 6.07 Å². The first-order valence-electron chi connectivity index (χ1n) is 9.74. The minimum atomic E-state index is -0.0667. The number of rotatable bonds is 2. The van der Waals surface area contributed by atoms with E-state index < -0.39 is 0 Å². The lowest BCUT2D eigenvalue weighted by atomic mass is 9.75. The SMILES string of the molecule is CC1(C)CC(=O)c2cc(C#N)c(N3CCC(c4ccccc4)CC3)nc2C1. The third-order valence-electron chi connectivity index (χ3n) is 5.85. The molecule has 2 aromatic rings. The maximum Gasteiger partial charge on any atom is 0.165 e. The molecule has 2 heterocycles. The molecule has 0 unspecified atom stereocenters. The van der Waals surface area contributed by atoms with Gasteiger partial charge in [-0.2, -0.15) is 5.26 Å². The van der Waals surface area contributed by atoms with E-state index in [0.717, 1.165) is 43.9 Å². The van der Waals surface area contributed by atoms with Crippen molar-refractivity contribution in [2.45, 2.75) is 45.4 Å². The highest BCUT2D eigenvalue weighted by Gasteiger charge is 2.34. The molecule has 1 saturated heterocycles. The molecule has 138 valence electrons. The van der Waals surface area contributed by atoms with E-state index in [1.165, 1.54) is 5.56 Å². The van der Waals surface area contributed by atoms with Crippen LogP contribution in [0.4, 0.5) is 5.82 Å². The number of fused-ring (bicyclic) bond motifs is 1. The van der Waals surface area contributed by atoms with Crippen LogP contribution < -0.4 is 4.90 Å². The maximum absolute atomic E-state index is 12.5. The minimum Gasteiger partial charge on any atom is -0.355 e. The average molecular weight is 359 g/mol. The Morgan fingerprint density at radius 1 is 1.15 bits per heavy atom. The smallest absolute Gasteiger partial charge is 0.165 e. The minimum absolute atomic E-state index is 0.0667. The van der Waals surface area contributed by atoms with Gasteiger partial charge in [0.25, 0.3) is 0 Å². The Bertz CT molecular complexity index is 903. The van der Waals surface area contributed by atoms with Crippen LogP contribution in [0, 0.1) is 16.7 Å². The summed E-state index contributed by atoms with van der Waals surface area (Å²) in [4.78, 5) is 19.6. The van der Waals surface area contributed by atoms with Crippen molar-refractivity contribution in [2.24, 2.45) is 5.41 Å². The zero-order valence-electron chi connectivity index (χ0n) is 16.0. The van der Waals surface area contributed by atoms with Crippen molar-refractivity contribution in [3.05, 3.63) is 58.8 Å². The fourth-order valence-corrected chi connectivity index (χ4v) is 4.44. The monoisotopic (exact) mass is 359 g/mol. The molecule has 1 aromatic heterocycles. The van der Waals surface area contributed by atoms with Gasteiger partial charge in [-0.25, -0.2) is 4.98 Å². The Morgan fingerprint density at radius 2 is 1.85 bits per heavy atom. The fraction of sp³-hybridized carbons (Fsp3) is 0.435. The molecule has 0 bridgehead atoms. The molecule has 1 aliphatic heterocycles. The predicted molar refractivity (Wildman–Crippen MR) is 106 cm³/mol. The summed E-state index contributed by atoms with van der Waals surface area (Å²) in [5.41, 5.74) is 3.36. The Morgan fingerprint density at radius 3 is 2.52 bits per heavy atom. The van der Waals surface area contributed by atoms with Crippen molar-refractivity contribution in [1.29, 1.82) is 5.26 Å². The highest BCUT2D eigenvalue weighted by Crippen LogP contribution is 2.37. The summed E-state index contributed by atoms with van der Waals surface area (Å²) >= 11 is 0. The van der Waals surface area contributed by atoms with E-state index in [1.54, 1.807) is 6.07 Å². The van der Waals surface area contributed by atoms with Gasteiger partial charge >= 0.3 is 0 Å². The lowest BCUT2D eigenvalue weighted by Gasteiger charge is -2.35. The second kappa shape index (κ2) is 6.81. The lowest BCUT2D eigenvalue weighted by Crippen LogP contribution is -2.35. The number of carbonyl (C=O) groups excluding carboxylic acids is 1. The zero-order chi connectivity index (χ0) is 19.0. The summed E-state index contributed by atoms with van der Waals surface area (Å²) in [6.45, 7) is 5.99. The maximum atomic E-state index is 12.5. The molecule has 0 spiro atoms. The van der Waals surface area contributed by atoms with Crippen molar-refractivity contribution < 1.29 is 4.79 Å². The molecule has 0 radical (unpaired) electrons. The number of pyridine rings is 1. The van der Waals surface area contributed by atoms with Gasteiger partial charge in [0, 0.05) is 25.1 Å². The molecule has 1 fully saturated rings. The van der Waals surface area contributed by atoms with Crippen molar-refractivity contribution in [1.82, 2.24) is 4.98 Å². The van der Waals surface area contributed by atoms with Gasteiger partial charge in [0.2, 0.25) is 0 Å². The van der Waals surface area contributed by atoms with Crippen LogP contribution in [-0.2, 0) is 6.42 Å². The molecule has 1 aromatic carbocycles. The van der Waals surface area contributed by atoms with Gasteiger partial charge < -0.3 is 4.90 Å². The average Bonchev–Trinajstić information content (AvgIpc) is 2.67. The van der Waals surface area contributed by atoms with Gasteiger partial charge in [-0.15, -0.1) is 0 Å². The number of ketones is 1. The molecule has 2 aliphatic rings. The van der Waals surface area contributed by atoms with E-state index in [9.17, 15) is 10.1 Å². The fourth-order valence-electron chi connectivity index (χ4n) is 4.44. The molecular weight excluding hydrogens is 334 g/mol. The second-order valence-corrected chi connectivity index (χ2v) is 8.58. The van der Waals surface area contributed by atoms with Crippen molar-refractivity contribution in [3.63, 3.8) is 0 Å². The number of nitrogens with zero attached hydrogens (tertiary/aromatic N) is 3. The number of Topliss-reactive ketones (excluding diaryl/α,β-unsaturated/α-hetero) is 1. The molecule has 1 aliphatic carbocycles. The molecule has 0 amide bonds. The number of aromatic nitrogens is 1. The highest BCUT2D eigenvalue weighted by molar-refractivity contribution is 5.99. The van der Waals surface area contributed by atoms with E-state index in [1.807, 2.05) is 0 Å². The molecule has 0 saturated carbocycles. The predicted octanol–water partition coefficient (Wildman–Crippen LogP) is 4.49. The molecule has 4 heteroatoms. The largest absolute Gasteiger partial charge is 0.355 e. The number of nitriles is 1. The van der Waals surface area contributed by atoms with Crippen LogP contribution in [-0.4, -0.2) is 23.9 Å². The summed E-state index contributed by atoms with van der Waals surface area (Å²) in [6, 6.07) is 14.7. The van der Waals surface area contributed by atoms with Crippen LogP contribution in [0.15, 0.2) is 36.4 Å². The highest BCUT2D eigenvalue weighted by atomic mass is 16.1. The summed E-state index contributed by atoms with van der Waals surface area (Å²) in [6.07, 6.45) is 3.41. The van der Waals surface area contributed by atoms with E-state index in [4.69, 9.17) is 4.98 Å². The van der Waals surface area contributed by atoms with Gasteiger partial charge in [-0.1, -0.05) is 44.2 Å². The summed E-state index contributed by atoms with van der Waals surface area (Å²) in [5.74, 6) is 1.43. The standard InChI is InChI=1S/C23H25N3O/c1-23(2)13-20-19(21(27)14-23)12-18(15-24)22(25-20)26-10-8-17(9-11-26)16-6-4-3-5-7-16/h3-7,12,17H,8-11,13-14H2,1-2H3. The number of carbonyl (C=O) groups is 1. The molecule has 27 heavy (non-hydrogen) atoms. The van der Waals surface area contributed by atoms with Crippen LogP contribution >= 0.6 is 0 Å². The Labute approximate surface area is 160 Å². The molecular formula is C23H25N3O. The number of benzene rings is 1. The van der Waals surface area contributed by atoms with Crippen molar-refractivity contribution in [2.75, 3.05) is 18.0 Å². The van der Waals surface area contributed by atoms with E-state index >= 15 is 0 Å². The topological polar surface area (TPSA) is 57.0 Å². The normalized spacial score (nSPS) is 19.4. The summed E-state index contributed by atoms with van der Waals surface area (Å²) in [5, 5.41) is 9.64. The summed E-state index contributed by atoms with van der Waals surface area (Å²) < 4.78 is 0. The zero-order valence-corrected chi connectivity index (χ0v) is 16.0. The Kier molecular flexibility index (Phi) is 4.47. The molecule has 4 nitrogen and oxygen atoms in total. The van der Waals surface area contributed by atoms with E-state index in [0.29, 0.717) is 23.5 Å². The first-order valence-corrected chi connectivity index (χ1v) is 9.74. The van der Waals surface area contributed by atoms with Gasteiger partial charge in [0.1, 0.15) is 11.9 Å². The molecule has 0 N–H and O–H groups in total. The Hall–Kier alpha value is -2.67. The third-order valence-corrected chi connectivity index (χ3v) is 5.85. The van der Waals surface area contributed by atoms with Gasteiger partial charge in [-0.3, -0.25) is 4.79 Å². The number of hydrogen-bond donors (Lipinski definition) is 0. The number of hydrogen-bond acceptors (Lipinski definition) is 4. The van der Waals surface area contributed by atoms with E-state index in [-0.39, 0.29) is 11.2 Å². The van der Waals surface area contributed by atoms with Crippen LogP contribution in [0.1, 0.15) is 66.2 Å². The number of piperidine rings is 1. The lowest BCUT2D eigenvalue weighted by molar-refractivity contribution is 0.0910. The molecule has 0 atom stereocenters. The van der Waals surface area contributed by atoms with Crippen molar-refractivity contribution >= 4 is 11.6 Å². The van der Waals surface area contributed by atoms with Gasteiger partial charge in [-0.05, 0) is 42.2 Å². The van der Waals surface area contributed by atoms with Gasteiger partial charge in [0.15, 0.2) is 5.78 Å². The van der Waals surface area contributed by atoms with Crippen LogP contribution in [0.25, 0.3) is 0 Å². The Balaban J connectivity index is 1.59. The summed E-state index contributed by atoms with van der Waals surface area (Å²) in [7, 11) is 0. The van der Waals surface area contributed by atoms with Crippen LogP contribution in [0.2, 0.25) is 0 Å². The van der Waals surface area contributed by atoms with Gasteiger partial charge in [0.05, 0.1) is 11.3 Å². The van der Waals surface area contributed by atoms with E-state index in [2.05, 4.69) is 55.1 Å². The van der Waals surface area contributed by atoms with Crippen LogP contribution in [0.5, 0.6) is 0 Å². The third kappa shape index (κ3) is 3.47. The first kappa shape index (κ1) is 17.7. The van der Waals surface area contributed by atoms with Crippen LogP contribution in [0.3, 0.4) is 0 Å². The number of anilines is 1. The first-order chi connectivity index (χ1) is 13.0. The molecule has 4 rings (SSSR count).